The van der Waals surface area contributed by atoms with Gasteiger partial charge in [0.1, 0.15) is 5.75 Å². The zero-order chi connectivity index (χ0) is 35.7. The lowest BCUT2D eigenvalue weighted by Crippen LogP contribution is -2.10. The maximum atomic E-state index is 5.89. The molecule has 256 valence electrons. The summed E-state index contributed by atoms with van der Waals surface area (Å²) in [5.41, 5.74) is 9.59. The molecule has 0 spiro atoms. The van der Waals surface area contributed by atoms with Crippen molar-refractivity contribution in [3.63, 3.8) is 0 Å². The van der Waals surface area contributed by atoms with Crippen molar-refractivity contribution >= 4 is 38.9 Å². The summed E-state index contributed by atoms with van der Waals surface area (Å²) in [5.74, 6) is 2.36. The van der Waals surface area contributed by atoms with Crippen LogP contribution in [-0.2, 0) is 0 Å². The van der Waals surface area contributed by atoms with Crippen LogP contribution in [0.3, 0.4) is 0 Å². The molecule has 7 aromatic carbocycles. The van der Waals surface area contributed by atoms with Crippen LogP contribution in [0.5, 0.6) is 5.75 Å². The summed E-state index contributed by atoms with van der Waals surface area (Å²) in [4.78, 5) is 2.29. The molecule has 0 unspecified atom stereocenters. The molecule has 0 aliphatic carbocycles. The highest BCUT2D eigenvalue weighted by atomic mass is 16.5. The lowest BCUT2D eigenvalue weighted by atomic mass is 10.1. The van der Waals surface area contributed by atoms with Gasteiger partial charge in [0.15, 0.2) is 11.6 Å². The third-order valence-corrected chi connectivity index (χ3v) is 9.51. The lowest BCUT2D eigenvalue weighted by Gasteiger charge is -2.26. The molecule has 9 aromatic rings. The van der Waals surface area contributed by atoms with Gasteiger partial charge in [0.05, 0.1) is 17.1 Å². The Kier molecular flexibility index (Phi) is 8.25. The summed E-state index contributed by atoms with van der Waals surface area (Å²) >= 11 is 0. The van der Waals surface area contributed by atoms with Gasteiger partial charge in [0.2, 0.25) is 0 Å². The summed E-state index contributed by atoms with van der Waals surface area (Å²) in [5, 5.41) is 12.0. The molecule has 53 heavy (non-hydrogen) atoms. The minimum absolute atomic E-state index is 0.104. The highest BCUT2D eigenvalue weighted by molar-refractivity contribution is 6.09. The summed E-state index contributed by atoms with van der Waals surface area (Å²) in [7, 11) is 0. The van der Waals surface area contributed by atoms with Gasteiger partial charge in [-0.05, 0) is 123 Å². The van der Waals surface area contributed by atoms with Gasteiger partial charge in [0.25, 0.3) is 0 Å². The number of para-hydroxylation sites is 4. The summed E-state index contributed by atoms with van der Waals surface area (Å²) in [6.45, 7) is 4.06. The third-order valence-electron chi connectivity index (χ3n) is 9.51. The summed E-state index contributed by atoms with van der Waals surface area (Å²) in [6, 6.07) is 63.4. The molecule has 0 radical (unpaired) electrons. The topological polar surface area (TPSA) is 48.1 Å². The first-order valence-corrected chi connectivity index (χ1v) is 17.9. The van der Waals surface area contributed by atoms with Crippen molar-refractivity contribution in [2.45, 2.75) is 20.0 Å². The highest BCUT2D eigenvalue weighted by Gasteiger charge is 2.19. The average molecular weight is 688 g/mol. The second kappa shape index (κ2) is 13.7. The fourth-order valence-corrected chi connectivity index (χ4v) is 7.17. The van der Waals surface area contributed by atoms with E-state index < -0.39 is 0 Å². The van der Waals surface area contributed by atoms with E-state index in [0.717, 1.165) is 57.0 Å². The van der Waals surface area contributed by atoms with Crippen molar-refractivity contribution in [2.24, 2.45) is 0 Å². The molecule has 0 N–H and O–H groups in total. The van der Waals surface area contributed by atoms with Crippen LogP contribution in [0.2, 0.25) is 0 Å². The maximum Gasteiger partial charge on any atom is 0.168 e. The fourth-order valence-electron chi connectivity index (χ4n) is 7.17. The smallest absolute Gasteiger partial charge is 0.168 e. The molecule has 6 heteroatoms. The number of aromatic nitrogens is 4. The third kappa shape index (κ3) is 6.00. The van der Waals surface area contributed by atoms with Gasteiger partial charge >= 0.3 is 0 Å². The van der Waals surface area contributed by atoms with E-state index in [4.69, 9.17) is 14.9 Å². The van der Waals surface area contributed by atoms with Gasteiger partial charge in [-0.2, -0.15) is 0 Å². The van der Waals surface area contributed by atoms with Crippen LogP contribution in [0.25, 0.3) is 56.0 Å². The first-order valence-electron chi connectivity index (χ1n) is 17.9. The highest BCUT2D eigenvalue weighted by Crippen LogP contribution is 2.38. The number of nitrogens with zero attached hydrogens (tertiary/aromatic N) is 5. The van der Waals surface area contributed by atoms with Gasteiger partial charge in [-0.25, -0.2) is 0 Å². The largest absolute Gasteiger partial charge is 0.491 e. The quantitative estimate of drug-likeness (QED) is 0.152. The number of fused-ring (bicyclic) bond motifs is 3. The number of hydrogen-bond donors (Lipinski definition) is 0. The van der Waals surface area contributed by atoms with Crippen molar-refractivity contribution in [3.8, 4) is 39.9 Å². The first-order chi connectivity index (χ1) is 26.1. The summed E-state index contributed by atoms with van der Waals surface area (Å²) in [6.07, 6.45) is 0.104. The Bertz CT molecular complexity index is 2590. The molecule has 0 bridgehead atoms. The van der Waals surface area contributed by atoms with Crippen molar-refractivity contribution < 1.29 is 4.74 Å². The second-order valence-electron chi connectivity index (χ2n) is 13.3. The van der Waals surface area contributed by atoms with Crippen molar-refractivity contribution in [1.82, 2.24) is 19.3 Å². The van der Waals surface area contributed by atoms with E-state index in [0.29, 0.717) is 0 Å². The number of rotatable bonds is 9. The zero-order valence-electron chi connectivity index (χ0n) is 29.5. The van der Waals surface area contributed by atoms with E-state index in [-0.39, 0.29) is 6.10 Å². The van der Waals surface area contributed by atoms with Gasteiger partial charge in [0, 0.05) is 50.3 Å². The van der Waals surface area contributed by atoms with Crippen LogP contribution in [-0.4, -0.2) is 25.4 Å². The summed E-state index contributed by atoms with van der Waals surface area (Å²) < 4.78 is 10.4. The fraction of sp³-hybridized carbons (Fsp3) is 0.0638. The average Bonchev–Trinajstić information content (AvgIpc) is 3.80. The van der Waals surface area contributed by atoms with Crippen LogP contribution >= 0.6 is 0 Å². The molecular weight excluding hydrogens is 651 g/mol. The normalized spacial score (nSPS) is 11.4. The van der Waals surface area contributed by atoms with Crippen LogP contribution in [0.1, 0.15) is 13.8 Å². The molecule has 2 aromatic heterocycles. The van der Waals surface area contributed by atoms with E-state index in [9.17, 15) is 0 Å². The molecular formula is C47H37N5O. The Morgan fingerprint density at radius 1 is 0.434 bits per heavy atom. The van der Waals surface area contributed by atoms with E-state index in [1.807, 2.05) is 56.3 Å². The van der Waals surface area contributed by atoms with Crippen LogP contribution in [0.15, 0.2) is 182 Å². The van der Waals surface area contributed by atoms with Crippen LogP contribution < -0.4 is 9.64 Å². The molecule has 0 fully saturated rings. The number of anilines is 3. The van der Waals surface area contributed by atoms with Crippen LogP contribution in [0.4, 0.5) is 17.1 Å². The molecule has 2 heterocycles. The Morgan fingerprint density at radius 2 is 0.868 bits per heavy atom. The van der Waals surface area contributed by atoms with E-state index >= 15 is 0 Å². The SMILES string of the molecule is CC(C)Oc1ccc(-c2nnc(-c3ccc(N(c4ccccc4)c4ccc(-n5c6ccccc6c6ccccc65)cc4)cc3)n2-c2ccccc2)cc1. The molecule has 0 saturated heterocycles. The number of ether oxygens (including phenoxy) is 1. The van der Waals surface area contributed by atoms with Gasteiger partial charge in [-0.3, -0.25) is 4.57 Å². The Morgan fingerprint density at radius 3 is 1.42 bits per heavy atom. The molecule has 6 nitrogen and oxygen atoms in total. The minimum atomic E-state index is 0.104. The molecule has 9 rings (SSSR count). The van der Waals surface area contributed by atoms with E-state index in [2.05, 4.69) is 154 Å². The second-order valence-corrected chi connectivity index (χ2v) is 13.3. The lowest BCUT2D eigenvalue weighted by molar-refractivity contribution is 0.242. The number of benzene rings is 7. The minimum Gasteiger partial charge on any atom is -0.491 e. The molecule has 0 amide bonds. The first kappa shape index (κ1) is 32.0. The zero-order valence-corrected chi connectivity index (χ0v) is 29.5. The van der Waals surface area contributed by atoms with Crippen molar-refractivity contribution in [1.29, 1.82) is 0 Å². The van der Waals surface area contributed by atoms with Gasteiger partial charge in [-0.1, -0.05) is 72.8 Å². The van der Waals surface area contributed by atoms with Crippen molar-refractivity contribution in [2.75, 3.05) is 4.90 Å². The number of hydrogen-bond acceptors (Lipinski definition) is 4. The maximum absolute atomic E-state index is 5.89. The molecule has 0 aliphatic rings. The molecule has 0 atom stereocenters. The Balaban J connectivity index is 1.09. The predicted octanol–water partition coefficient (Wildman–Crippen LogP) is 12.0. The Labute approximate surface area is 308 Å². The van der Waals surface area contributed by atoms with Crippen LogP contribution in [0, 0.1) is 0 Å². The van der Waals surface area contributed by atoms with Crippen molar-refractivity contribution in [3.05, 3.63) is 182 Å². The standard InChI is InChI=1S/C47H37N5O/c1-33(2)53-41-31-23-35(24-32-41)47-49-48-46(52(47)37-15-7-4-8-16-37)34-21-25-38(26-22-34)50(36-13-5-3-6-14-36)39-27-29-40(30-28-39)51-44-19-11-9-17-42(44)43-18-10-12-20-45(43)51/h3-33H,1-2H3. The monoisotopic (exact) mass is 687 g/mol. The Hall–Kier alpha value is -6.92. The van der Waals surface area contributed by atoms with E-state index in [1.165, 1.54) is 21.8 Å². The van der Waals surface area contributed by atoms with Gasteiger partial charge in [-0.15, -0.1) is 10.2 Å². The van der Waals surface area contributed by atoms with Gasteiger partial charge < -0.3 is 14.2 Å². The van der Waals surface area contributed by atoms with E-state index in [1.54, 1.807) is 0 Å². The predicted molar refractivity (Wildman–Crippen MR) is 217 cm³/mol. The molecule has 0 saturated carbocycles. The molecule has 0 aliphatic heterocycles.